The van der Waals surface area contributed by atoms with Crippen molar-refractivity contribution < 1.29 is 4.42 Å². The number of hydrogen-bond acceptors (Lipinski definition) is 3. The van der Waals surface area contributed by atoms with Gasteiger partial charge in [-0.1, -0.05) is 66.4 Å². The van der Waals surface area contributed by atoms with E-state index in [9.17, 15) is 0 Å². The van der Waals surface area contributed by atoms with E-state index < -0.39 is 0 Å². The number of thiophene rings is 1. The fourth-order valence-corrected chi connectivity index (χ4v) is 6.35. The lowest BCUT2D eigenvalue weighted by atomic mass is 10.1. The molecule has 0 saturated carbocycles. The summed E-state index contributed by atoms with van der Waals surface area (Å²) in [6.45, 7) is 0. The molecule has 0 fully saturated rings. The molecule has 0 radical (unpaired) electrons. The van der Waals surface area contributed by atoms with Crippen molar-refractivity contribution in [1.82, 2.24) is 9.55 Å². The highest BCUT2D eigenvalue weighted by Gasteiger charge is 2.23. The molecule has 4 heteroatoms. The number of fused-ring (bicyclic) bond motifs is 8. The molecule has 0 aliphatic carbocycles. The number of furan rings is 1. The second kappa shape index (κ2) is 7.83. The van der Waals surface area contributed by atoms with E-state index in [-0.39, 0.29) is 0 Å². The Bertz CT molecular complexity index is 2200. The maximum Gasteiger partial charge on any atom is 0.215 e. The van der Waals surface area contributed by atoms with E-state index in [4.69, 9.17) is 9.40 Å². The minimum Gasteiger partial charge on any atom is -0.439 e. The van der Waals surface area contributed by atoms with Crippen molar-refractivity contribution in [3.05, 3.63) is 120 Å². The first-order valence-electron chi connectivity index (χ1n) is 12.1. The standard InChI is InChI=1S/C33H18N2OS/c1-2-8-21(9-3-1)14-15-22-16-18-24-27(20-22)36-32-30(24)31-25-11-5-7-13-28(25)37-33(31)35(32)29-19-17-23-10-4-6-12-26(23)34-29/h1-13,16-20H. The average molecular weight is 491 g/mol. The highest BCUT2D eigenvalue weighted by atomic mass is 32.1. The van der Waals surface area contributed by atoms with Gasteiger partial charge < -0.3 is 4.42 Å². The van der Waals surface area contributed by atoms with Crippen LogP contribution in [0.2, 0.25) is 0 Å². The van der Waals surface area contributed by atoms with E-state index in [0.29, 0.717) is 0 Å². The highest BCUT2D eigenvalue weighted by Crippen LogP contribution is 2.45. The van der Waals surface area contributed by atoms with Crippen LogP contribution in [0.5, 0.6) is 0 Å². The number of rotatable bonds is 1. The van der Waals surface area contributed by atoms with E-state index in [1.165, 1.54) is 15.5 Å². The Morgan fingerprint density at radius 1 is 0.676 bits per heavy atom. The molecule has 8 rings (SSSR count). The zero-order valence-corrected chi connectivity index (χ0v) is 20.4. The van der Waals surface area contributed by atoms with E-state index in [1.807, 2.05) is 48.5 Å². The molecule has 0 aliphatic heterocycles. The number of benzene rings is 4. The van der Waals surface area contributed by atoms with E-state index in [0.717, 1.165) is 54.7 Å². The van der Waals surface area contributed by atoms with Gasteiger partial charge >= 0.3 is 0 Å². The Balaban J connectivity index is 1.42. The van der Waals surface area contributed by atoms with Gasteiger partial charge in [-0.25, -0.2) is 4.98 Å². The molecule has 0 N–H and O–H groups in total. The lowest BCUT2D eigenvalue weighted by Gasteiger charge is -2.05. The average Bonchev–Trinajstić information content (AvgIpc) is 3.59. The number of pyridine rings is 1. The van der Waals surface area contributed by atoms with Crippen LogP contribution in [0.3, 0.4) is 0 Å². The molecular weight excluding hydrogens is 472 g/mol. The zero-order chi connectivity index (χ0) is 24.3. The van der Waals surface area contributed by atoms with Crippen LogP contribution in [0.1, 0.15) is 11.1 Å². The Hall–Kier alpha value is -4.85. The maximum absolute atomic E-state index is 6.60. The van der Waals surface area contributed by atoms with Crippen molar-refractivity contribution >= 4 is 64.6 Å². The largest absolute Gasteiger partial charge is 0.439 e. The molecule has 4 aromatic heterocycles. The molecule has 37 heavy (non-hydrogen) atoms. The fourth-order valence-electron chi connectivity index (χ4n) is 5.14. The van der Waals surface area contributed by atoms with Gasteiger partial charge in [0, 0.05) is 37.4 Å². The van der Waals surface area contributed by atoms with Gasteiger partial charge in [-0.15, -0.1) is 11.3 Å². The van der Waals surface area contributed by atoms with Crippen molar-refractivity contribution in [3.8, 4) is 17.7 Å². The molecule has 0 spiro atoms. The van der Waals surface area contributed by atoms with Gasteiger partial charge in [0.2, 0.25) is 5.71 Å². The first-order valence-corrected chi connectivity index (χ1v) is 13.0. The minimum absolute atomic E-state index is 0.818. The number of para-hydroxylation sites is 1. The van der Waals surface area contributed by atoms with Crippen LogP contribution in [0.25, 0.3) is 59.1 Å². The molecule has 4 heterocycles. The van der Waals surface area contributed by atoms with Crippen molar-refractivity contribution in [1.29, 1.82) is 0 Å². The highest BCUT2D eigenvalue weighted by molar-refractivity contribution is 7.25. The van der Waals surface area contributed by atoms with Crippen molar-refractivity contribution in [3.63, 3.8) is 0 Å². The molecule has 0 amide bonds. The van der Waals surface area contributed by atoms with Gasteiger partial charge in [0.25, 0.3) is 0 Å². The molecule has 0 saturated heterocycles. The van der Waals surface area contributed by atoms with Crippen molar-refractivity contribution in [2.45, 2.75) is 0 Å². The quantitative estimate of drug-likeness (QED) is 0.216. The molecule has 0 unspecified atom stereocenters. The third-order valence-corrected chi connectivity index (χ3v) is 8.00. The Morgan fingerprint density at radius 2 is 1.49 bits per heavy atom. The summed E-state index contributed by atoms with van der Waals surface area (Å²) in [6, 6.07) is 37.3. The van der Waals surface area contributed by atoms with Crippen LogP contribution in [-0.2, 0) is 0 Å². The number of nitrogens with zero attached hydrogens (tertiary/aromatic N) is 2. The normalized spacial score (nSPS) is 11.6. The maximum atomic E-state index is 6.60. The predicted octanol–water partition coefficient (Wildman–Crippen LogP) is 8.69. The summed E-state index contributed by atoms with van der Waals surface area (Å²) < 4.78 is 10.0. The van der Waals surface area contributed by atoms with Crippen LogP contribution in [0.15, 0.2) is 114 Å². The van der Waals surface area contributed by atoms with Crippen LogP contribution < -0.4 is 0 Å². The summed E-state index contributed by atoms with van der Waals surface area (Å²) in [5.41, 5.74) is 4.53. The summed E-state index contributed by atoms with van der Waals surface area (Å²) in [4.78, 5) is 6.17. The summed E-state index contributed by atoms with van der Waals surface area (Å²) in [5, 5.41) is 5.79. The van der Waals surface area contributed by atoms with Gasteiger partial charge in [-0.3, -0.25) is 4.57 Å². The lowest BCUT2D eigenvalue weighted by molar-refractivity contribution is 0.644. The molecule has 3 nitrogen and oxygen atoms in total. The van der Waals surface area contributed by atoms with Gasteiger partial charge in [0.15, 0.2) is 0 Å². The minimum atomic E-state index is 0.818. The Labute approximate surface area is 216 Å². The molecule has 172 valence electrons. The van der Waals surface area contributed by atoms with Crippen molar-refractivity contribution in [2.75, 3.05) is 0 Å². The zero-order valence-electron chi connectivity index (χ0n) is 19.6. The third-order valence-electron chi connectivity index (χ3n) is 6.84. The predicted molar refractivity (Wildman–Crippen MR) is 154 cm³/mol. The molecule has 4 aromatic carbocycles. The van der Waals surface area contributed by atoms with E-state index in [1.54, 1.807) is 11.3 Å². The molecule has 8 aromatic rings. The van der Waals surface area contributed by atoms with E-state index in [2.05, 4.69) is 77.1 Å². The summed E-state index contributed by atoms with van der Waals surface area (Å²) in [6.07, 6.45) is 0. The lowest BCUT2D eigenvalue weighted by Crippen LogP contribution is -1.95. The number of hydrogen-bond donors (Lipinski definition) is 0. The fraction of sp³-hybridized carbons (Fsp3) is 0. The third kappa shape index (κ3) is 3.12. The van der Waals surface area contributed by atoms with Crippen LogP contribution in [0.4, 0.5) is 0 Å². The van der Waals surface area contributed by atoms with Crippen molar-refractivity contribution in [2.24, 2.45) is 0 Å². The van der Waals surface area contributed by atoms with Gasteiger partial charge in [0.1, 0.15) is 16.2 Å². The topological polar surface area (TPSA) is 31.0 Å². The monoisotopic (exact) mass is 490 g/mol. The molecule has 0 aliphatic rings. The Kier molecular flexibility index (Phi) is 4.31. The van der Waals surface area contributed by atoms with Crippen LogP contribution in [0, 0.1) is 11.8 Å². The molecular formula is C33H18N2OS. The smallest absolute Gasteiger partial charge is 0.215 e. The summed E-state index contributed by atoms with van der Waals surface area (Å²) in [5.74, 6) is 7.40. The second-order valence-corrected chi connectivity index (χ2v) is 10.1. The first-order chi connectivity index (χ1) is 18.3. The van der Waals surface area contributed by atoms with Gasteiger partial charge in [-0.05, 0) is 54.6 Å². The van der Waals surface area contributed by atoms with Crippen LogP contribution in [-0.4, -0.2) is 9.55 Å². The van der Waals surface area contributed by atoms with Crippen LogP contribution >= 0.6 is 11.3 Å². The first kappa shape index (κ1) is 20.4. The van der Waals surface area contributed by atoms with Gasteiger partial charge in [0.05, 0.1) is 10.9 Å². The molecule has 0 bridgehead atoms. The second-order valence-electron chi connectivity index (χ2n) is 9.09. The van der Waals surface area contributed by atoms with Gasteiger partial charge in [-0.2, -0.15) is 0 Å². The SMILES string of the molecule is C(#Cc1ccc2c(c1)oc1c2c2c3ccccc3sc2n1-c1ccc2ccccc2n1)c1ccccc1. The van der Waals surface area contributed by atoms with E-state index >= 15 is 0 Å². The summed E-state index contributed by atoms with van der Waals surface area (Å²) >= 11 is 1.78. The summed E-state index contributed by atoms with van der Waals surface area (Å²) in [7, 11) is 0. The molecule has 0 atom stereocenters. The Morgan fingerprint density at radius 3 is 2.43 bits per heavy atom. The number of aromatic nitrogens is 2.